The van der Waals surface area contributed by atoms with Crippen LogP contribution in [0.3, 0.4) is 0 Å². The molecule has 1 aliphatic rings. The summed E-state index contributed by atoms with van der Waals surface area (Å²) in [5.74, 6) is 0.113. The largest absolute Gasteiger partial charge is 0.508 e. The highest BCUT2D eigenvalue weighted by molar-refractivity contribution is 6.11. The van der Waals surface area contributed by atoms with E-state index in [0.29, 0.717) is 5.56 Å². The lowest BCUT2D eigenvalue weighted by Gasteiger charge is -2.38. The number of methoxy groups -OCH3 is 1. The van der Waals surface area contributed by atoms with Crippen molar-refractivity contribution in [3.8, 4) is 23.0 Å². The molecule has 0 saturated heterocycles. The Morgan fingerprint density at radius 2 is 1.93 bits per heavy atom. The van der Waals surface area contributed by atoms with Crippen molar-refractivity contribution >= 4 is 11.9 Å². The highest BCUT2D eigenvalue weighted by atomic mass is 16.5. The van der Waals surface area contributed by atoms with Crippen molar-refractivity contribution < 1.29 is 29.6 Å². The molecule has 0 aromatic heterocycles. The lowest BCUT2D eigenvalue weighted by molar-refractivity contribution is -0.0421. The Morgan fingerprint density at radius 3 is 2.56 bits per heavy atom. The second-order valence-corrected chi connectivity index (χ2v) is 7.00. The molecule has 3 N–H and O–H groups in total. The van der Waals surface area contributed by atoms with Crippen molar-refractivity contribution in [3.63, 3.8) is 0 Å². The molecule has 0 spiro atoms. The molecule has 6 heteroatoms. The number of aliphatic hydroxyl groups excluding tert-OH is 1. The highest BCUT2D eigenvalue weighted by Crippen LogP contribution is 2.45. The van der Waals surface area contributed by atoms with Gasteiger partial charge in [0.05, 0.1) is 13.2 Å². The number of hydrogen-bond donors (Lipinski definition) is 3. The molecule has 0 aliphatic carbocycles. The van der Waals surface area contributed by atoms with Crippen LogP contribution in [0.25, 0.3) is 6.08 Å². The SMILES string of the molecule is COc1cc(O)c2c(c1C(=O)/C=C/c1ccc(O)cc1)OC(C)(C)[C@@H](O)C2. The van der Waals surface area contributed by atoms with Crippen molar-refractivity contribution in [1.29, 1.82) is 0 Å². The number of fused-ring (bicyclic) bond motifs is 1. The molecule has 27 heavy (non-hydrogen) atoms. The van der Waals surface area contributed by atoms with Gasteiger partial charge >= 0.3 is 0 Å². The number of hydrogen-bond acceptors (Lipinski definition) is 6. The predicted molar refractivity (Wildman–Crippen MR) is 101 cm³/mol. The van der Waals surface area contributed by atoms with Crippen LogP contribution >= 0.6 is 0 Å². The first-order valence-electron chi connectivity index (χ1n) is 8.54. The van der Waals surface area contributed by atoms with Crippen molar-refractivity contribution in [2.24, 2.45) is 0 Å². The van der Waals surface area contributed by atoms with Gasteiger partial charge in [-0.25, -0.2) is 0 Å². The molecule has 0 fully saturated rings. The Balaban J connectivity index is 2.05. The van der Waals surface area contributed by atoms with E-state index in [1.54, 1.807) is 32.1 Å². The number of aromatic hydroxyl groups is 2. The molecule has 2 aromatic rings. The number of aliphatic hydroxyl groups is 1. The predicted octanol–water partition coefficient (Wildman–Crippen LogP) is 3.08. The first-order chi connectivity index (χ1) is 12.7. The first kappa shape index (κ1) is 18.8. The van der Waals surface area contributed by atoms with E-state index in [9.17, 15) is 20.1 Å². The Kier molecular flexibility index (Phi) is 4.85. The van der Waals surface area contributed by atoms with Crippen molar-refractivity contribution in [2.45, 2.75) is 32.0 Å². The molecule has 3 rings (SSSR count). The van der Waals surface area contributed by atoms with E-state index in [-0.39, 0.29) is 40.8 Å². The second-order valence-electron chi connectivity index (χ2n) is 7.00. The zero-order chi connectivity index (χ0) is 19.8. The molecule has 0 unspecified atom stereocenters. The third-order valence-corrected chi connectivity index (χ3v) is 4.68. The molecular weight excluding hydrogens is 348 g/mol. The topological polar surface area (TPSA) is 96.2 Å². The number of ketones is 1. The summed E-state index contributed by atoms with van der Waals surface area (Å²) in [5, 5.41) is 29.9. The van der Waals surface area contributed by atoms with Gasteiger partial charge in [0.25, 0.3) is 0 Å². The monoisotopic (exact) mass is 370 g/mol. The summed E-state index contributed by atoms with van der Waals surface area (Å²) in [4.78, 5) is 12.9. The van der Waals surface area contributed by atoms with E-state index in [4.69, 9.17) is 9.47 Å². The van der Waals surface area contributed by atoms with Crippen LogP contribution in [0.5, 0.6) is 23.0 Å². The molecule has 0 amide bonds. The molecule has 142 valence electrons. The third-order valence-electron chi connectivity index (χ3n) is 4.68. The molecule has 0 bridgehead atoms. The van der Waals surface area contributed by atoms with Gasteiger partial charge in [0, 0.05) is 18.1 Å². The maximum Gasteiger partial charge on any atom is 0.193 e. The van der Waals surface area contributed by atoms with E-state index < -0.39 is 11.7 Å². The number of benzene rings is 2. The van der Waals surface area contributed by atoms with Crippen molar-refractivity contribution in [3.05, 3.63) is 53.1 Å². The fraction of sp³-hybridized carbons (Fsp3) is 0.286. The maximum absolute atomic E-state index is 12.9. The van der Waals surface area contributed by atoms with Crippen molar-refractivity contribution in [1.82, 2.24) is 0 Å². The summed E-state index contributed by atoms with van der Waals surface area (Å²) >= 11 is 0. The molecule has 0 saturated carbocycles. The van der Waals surface area contributed by atoms with Crippen LogP contribution in [0.4, 0.5) is 0 Å². The summed E-state index contributed by atoms with van der Waals surface area (Å²) < 4.78 is 11.2. The first-order valence-corrected chi connectivity index (χ1v) is 8.54. The summed E-state index contributed by atoms with van der Waals surface area (Å²) in [5.41, 5.74) is 0.398. The van der Waals surface area contributed by atoms with E-state index >= 15 is 0 Å². The fourth-order valence-corrected chi connectivity index (χ4v) is 2.98. The minimum absolute atomic E-state index is 0.0875. The molecule has 1 atom stereocenters. The molecule has 1 aliphatic heterocycles. The number of carbonyl (C=O) groups is 1. The Labute approximate surface area is 157 Å². The Hall–Kier alpha value is -2.99. The normalized spacial score (nSPS) is 18.0. The lowest BCUT2D eigenvalue weighted by Crippen LogP contribution is -2.46. The zero-order valence-electron chi connectivity index (χ0n) is 15.4. The Bertz CT molecular complexity index is 896. The number of phenols is 2. The summed E-state index contributed by atoms with van der Waals surface area (Å²) in [7, 11) is 1.41. The van der Waals surface area contributed by atoms with Gasteiger partial charge in [0.1, 0.15) is 34.2 Å². The molecule has 1 heterocycles. The smallest absolute Gasteiger partial charge is 0.193 e. The number of ether oxygens (including phenoxy) is 2. The summed E-state index contributed by atoms with van der Waals surface area (Å²) in [6, 6.07) is 7.77. The van der Waals surface area contributed by atoms with Crippen LogP contribution in [0.2, 0.25) is 0 Å². The molecular formula is C21H22O6. The second kappa shape index (κ2) is 6.96. The van der Waals surface area contributed by atoms with E-state index in [0.717, 1.165) is 5.56 Å². The fourth-order valence-electron chi connectivity index (χ4n) is 2.98. The van der Waals surface area contributed by atoms with Crippen LogP contribution in [0.1, 0.15) is 35.3 Å². The van der Waals surface area contributed by atoms with Gasteiger partial charge in [0.15, 0.2) is 5.78 Å². The van der Waals surface area contributed by atoms with Crippen LogP contribution < -0.4 is 9.47 Å². The molecule has 6 nitrogen and oxygen atoms in total. The number of allylic oxidation sites excluding steroid dienone is 1. The Morgan fingerprint density at radius 1 is 1.26 bits per heavy atom. The number of rotatable bonds is 4. The average Bonchev–Trinajstić information content (AvgIpc) is 2.62. The van der Waals surface area contributed by atoms with E-state index in [1.807, 2.05) is 0 Å². The van der Waals surface area contributed by atoms with Crippen molar-refractivity contribution in [2.75, 3.05) is 7.11 Å². The summed E-state index contributed by atoms with van der Waals surface area (Å²) in [6.45, 7) is 3.44. The van der Waals surface area contributed by atoms with Gasteiger partial charge in [-0.3, -0.25) is 4.79 Å². The van der Waals surface area contributed by atoms with Gasteiger partial charge in [-0.1, -0.05) is 18.2 Å². The van der Waals surface area contributed by atoms with Crippen LogP contribution in [0.15, 0.2) is 36.4 Å². The standard InChI is InChI=1S/C21H22O6/c1-21(2)18(25)10-14-16(24)11-17(26-3)19(20(14)27-21)15(23)9-6-12-4-7-13(22)8-5-12/h4-9,11,18,22,24-25H,10H2,1-3H3/b9-6+/t18-/m0/s1. The van der Waals surface area contributed by atoms with Gasteiger partial charge in [-0.15, -0.1) is 0 Å². The number of carbonyl (C=O) groups excluding carboxylic acids is 1. The van der Waals surface area contributed by atoms with Gasteiger partial charge in [-0.05, 0) is 37.6 Å². The highest BCUT2D eigenvalue weighted by Gasteiger charge is 2.39. The van der Waals surface area contributed by atoms with Gasteiger partial charge in [0.2, 0.25) is 0 Å². The van der Waals surface area contributed by atoms with Gasteiger partial charge < -0.3 is 24.8 Å². The van der Waals surface area contributed by atoms with Gasteiger partial charge in [-0.2, -0.15) is 0 Å². The number of phenolic OH excluding ortho intramolecular Hbond substituents is 2. The van der Waals surface area contributed by atoms with E-state index in [1.165, 1.54) is 31.4 Å². The van der Waals surface area contributed by atoms with Crippen LogP contribution in [0, 0.1) is 0 Å². The van der Waals surface area contributed by atoms with Crippen LogP contribution in [-0.2, 0) is 6.42 Å². The maximum atomic E-state index is 12.9. The van der Waals surface area contributed by atoms with E-state index in [2.05, 4.69) is 0 Å². The minimum Gasteiger partial charge on any atom is -0.508 e. The molecule has 2 aromatic carbocycles. The quantitative estimate of drug-likeness (QED) is 0.565. The third kappa shape index (κ3) is 3.61. The molecule has 0 radical (unpaired) electrons. The van der Waals surface area contributed by atoms with Crippen LogP contribution in [-0.4, -0.2) is 39.9 Å². The average molecular weight is 370 g/mol. The zero-order valence-corrected chi connectivity index (χ0v) is 15.4. The minimum atomic E-state index is -0.915. The summed E-state index contributed by atoms with van der Waals surface area (Å²) in [6.07, 6.45) is 2.34. The lowest BCUT2D eigenvalue weighted by atomic mass is 9.88.